The number of carbonyl (C=O) groups excluding carboxylic acids is 1. The van der Waals surface area contributed by atoms with Crippen LogP contribution in [0.25, 0.3) is 0 Å². The molecule has 0 unspecified atom stereocenters. The summed E-state index contributed by atoms with van der Waals surface area (Å²) in [7, 11) is 0. The van der Waals surface area contributed by atoms with Gasteiger partial charge in [-0.05, 0) is 25.3 Å². The topological polar surface area (TPSA) is 20.3 Å². The molecule has 102 valence electrons. The van der Waals surface area contributed by atoms with Crippen molar-refractivity contribution in [1.29, 1.82) is 0 Å². The highest BCUT2D eigenvalue weighted by Gasteiger charge is 2.14. The van der Waals surface area contributed by atoms with Crippen molar-refractivity contribution in [1.82, 2.24) is 4.90 Å². The van der Waals surface area contributed by atoms with Crippen LogP contribution in [0.2, 0.25) is 0 Å². The summed E-state index contributed by atoms with van der Waals surface area (Å²) < 4.78 is 0. The molecular formula is C16H27NO. The maximum absolute atomic E-state index is 12.4. The van der Waals surface area contributed by atoms with E-state index < -0.39 is 0 Å². The van der Waals surface area contributed by atoms with E-state index in [9.17, 15) is 4.79 Å². The molecule has 0 aliphatic heterocycles. The lowest BCUT2D eigenvalue weighted by molar-refractivity contribution is -0.126. The highest BCUT2D eigenvalue weighted by Crippen LogP contribution is 2.08. The van der Waals surface area contributed by atoms with Crippen LogP contribution in [0.15, 0.2) is 36.5 Å². The zero-order chi connectivity index (χ0) is 13.8. The van der Waals surface area contributed by atoms with Crippen LogP contribution in [0, 0.1) is 0 Å². The van der Waals surface area contributed by atoms with Crippen LogP contribution in [0.1, 0.15) is 46.5 Å². The first kappa shape index (κ1) is 16.7. The first-order valence-corrected chi connectivity index (χ1v) is 6.99. The average molecular weight is 249 g/mol. The molecule has 0 fully saturated rings. The molecule has 0 aliphatic rings. The number of hydrogen-bond donors (Lipinski definition) is 0. The predicted molar refractivity (Wildman–Crippen MR) is 79.5 cm³/mol. The van der Waals surface area contributed by atoms with Gasteiger partial charge in [-0.1, -0.05) is 52.0 Å². The van der Waals surface area contributed by atoms with Gasteiger partial charge in [-0.25, -0.2) is 0 Å². The maximum Gasteiger partial charge on any atom is 0.253 e. The Hall–Kier alpha value is -1.31. The highest BCUT2D eigenvalue weighted by atomic mass is 16.2. The molecule has 0 radical (unpaired) electrons. The van der Waals surface area contributed by atoms with E-state index in [1.807, 2.05) is 30.1 Å². The van der Waals surface area contributed by atoms with Crippen LogP contribution >= 0.6 is 0 Å². The lowest BCUT2D eigenvalue weighted by Gasteiger charge is -2.22. The van der Waals surface area contributed by atoms with E-state index in [0.717, 1.165) is 44.3 Å². The molecule has 0 aromatic rings. The van der Waals surface area contributed by atoms with Crippen LogP contribution in [-0.2, 0) is 4.79 Å². The zero-order valence-electron chi connectivity index (χ0n) is 12.1. The van der Waals surface area contributed by atoms with E-state index in [4.69, 9.17) is 0 Å². The molecule has 0 saturated carbocycles. The summed E-state index contributed by atoms with van der Waals surface area (Å²) >= 11 is 0. The summed E-state index contributed by atoms with van der Waals surface area (Å²) in [5.41, 5.74) is 0.780. The van der Waals surface area contributed by atoms with Crippen LogP contribution in [0.3, 0.4) is 0 Å². The van der Waals surface area contributed by atoms with Crippen LogP contribution in [-0.4, -0.2) is 23.9 Å². The number of amides is 1. The maximum atomic E-state index is 12.4. The Morgan fingerprint density at radius 2 is 1.89 bits per heavy atom. The number of carbonyl (C=O) groups is 1. The molecule has 0 N–H and O–H groups in total. The van der Waals surface area contributed by atoms with E-state index in [-0.39, 0.29) is 5.91 Å². The molecule has 0 saturated heterocycles. The molecule has 0 spiro atoms. The third kappa shape index (κ3) is 6.43. The summed E-state index contributed by atoms with van der Waals surface area (Å²) in [4.78, 5) is 14.4. The monoisotopic (exact) mass is 249 g/mol. The van der Waals surface area contributed by atoms with E-state index >= 15 is 0 Å². The van der Waals surface area contributed by atoms with Crippen molar-refractivity contribution in [3.05, 3.63) is 36.5 Å². The molecule has 1 amide bonds. The van der Waals surface area contributed by atoms with Gasteiger partial charge in [0.25, 0.3) is 5.91 Å². The van der Waals surface area contributed by atoms with Gasteiger partial charge in [0, 0.05) is 18.7 Å². The second-order valence-electron chi connectivity index (χ2n) is 4.31. The van der Waals surface area contributed by atoms with Crippen LogP contribution < -0.4 is 0 Å². The van der Waals surface area contributed by atoms with E-state index in [2.05, 4.69) is 20.4 Å². The molecule has 0 aromatic heterocycles. The summed E-state index contributed by atoms with van der Waals surface area (Å²) in [6, 6.07) is 0. The van der Waals surface area contributed by atoms with Crippen LogP contribution in [0.4, 0.5) is 0 Å². The summed E-state index contributed by atoms with van der Waals surface area (Å²) in [5, 5.41) is 0. The van der Waals surface area contributed by atoms with E-state index in [1.54, 1.807) is 6.08 Å². The van der Waals surface area contributed by atoms with Crippen molar-refractivity contribution in [2.45, 2.75) is 46.5 Å². The van der Waals surface area contributed by atoms with Crippen LogP contribution in [0.5, 0.6) is 0 Å². The highest BCUT2D eigenvalue weighted by molar-refractivity contribution is 5.96. The second kappa shape index (κ2) is 10.8. The largest absolute Gasteiger partial charge is 0.339 e. The van der Waals surface area contributed by atoms with E-state index in [1.165, 1.54) is 0 Å². The average Bonchev–Trinajstić information content (AvgIpc) is 2.38. The molecule has 0 bridgehead atoms. The molecular weight excluding hydrogens is 222 g/mol. The Kier molecular flexibility index (Phi) is 10.0. The molecule has 0 atom stereocenters. The SMILES string of the molecule is C=C/C=C\C(=C/CC)C(=O)N(CCC)CCCC. The smallest absolute Gasteiger partial charge is 0.253 e. The zero-order valence-corrected chi connectivity index (χ0v) is 12.1. The molecule has 2 nitrogen and oxygen atoms in total. The minimum absolute atomic E-state index is 0.144. The van der Waals surface area contributed by atoms with Gasteiger partial charge in [0.2, 0.25) is 0 Å². The van der Waals surface area contributed by atoms with E-state index in [0.29, 0.717) is 0 Å². The van der Waals surface area contributed by atoms with Gasteiger partial charge < -0.3 is 4.90 Å². The fraction of sp³-hybridized carbons (Fsp3) is 0.562. The number of rotatable bonds is 9. The Morgan fingerprint density at radius 1 is 1.17 bits per heavy atom. The Bertz CT molecular complexity index is 302. The Morgan fingerprint density at radius 3 is 2.39 bits per heavy atom. The number of allylic oxidation sites excluding steroid dienone is 3. The van der Waals surface area contributed by atoms with Crippen molar-refractivity contribution in [3.8, 4) is 0 Å². The van der Waals surface area contributed by atoms with Gasteiger partial charge in [-0.2, -0.15) is 0 Å². The number of nitrogens with zero attached hydrogens (tertiary/aromatic N) is 1. The molecule has 0 rings (SSSR count). The number of hydrogen-bond acceptors (Lipinski definition) is 1. The molecule has 0 heterocycles. The molecule has 0 aromatic carbocycles. The lowest BCUT2D eigenvalue weighted by Crippen LogP contribution is -2.33. The fourth-order valence-electron chi connectivity index (χ4n) is 1.73. The normalized spacial score (nSPS) is 11.8. The van der Waals surface area contributed by atoms with Crippen molar-refractivity contribution >= 4 is 5.91 Å². The summed E-state index contributed by atoms with van der Waals surface area (Å²) in [6.07, 6.45) is 11.4. The quantitative estimate of drug-likeness (QED) is 0.445. The van der Waals surface area contributed by atoms with Crippen molar-refractivity contribution < 1.29 is 4.79 Å². The molecule has 0 aliphatic carbocycles. The first-order valence-electron chi connectivity index (χ1n) is 6.99. The number of unbranched alkanes of at least 4 members (excludes halogenated alkanes) is 1. The molecule has 18 heavy (non-hydrogen) atoms. The lowest BCUT2D eigenvalue weighted by atomic mass is 10.1. The van der Waals surface area contributed by atoms with Gasteiger partial charge in [0.1, 0.15) is 0 Å². The Balaban J connectivity index is 4.81. The van der Waals surface area contributed by atoms with Gasteiger partial charge in [-0.3, -0.25) is 4.79 Å². The van der Waals surface area contributed by atoms with Crippen molar-refractivity contribution in [2.24, 2.45) is 0 Å². The van der Waals surface area contributed by atoms with Gasteiger partial charge in [0.15, 0.2) is 0 Å². The Labute approximate surface area is 112 Å². The van der Waals surface area contributed by atoms with Gasteiger partial charge in [-0.15, -0.1) is 0 Å². The fourth-order valence-corrected chi connectivity index (χ4v) is 1.73. The minimum atomic E-state index is 0.144. The third-order valence-corrected chi connectivity index (χ3v) is 2.65. The van der Waals surface area contributed by atoms with Crippen molar-refractivity contribution in [2.75, 3.05) is 13.1 Å². The standard InChI is InChI=1S/C16H27NO/c1-5-9-12-15(11-7-3)16(18)17(13-8-4)14-10-6-2/h5,9,11-12H,1,6-8,10,13-14H2,2-4H3/b12-9-,15-11+. The third-order valence-electron chi connectivity index (χ3n) is 2.65. The van der Waals surface area contributed by atoms with Gasteiger partial charge in [0.05, 0.1) is 0 Å². The summed E-state index contributed by atoms with van der Waals surface area (Å²) in [6.45, 7) is 11.6. The van der Waals surface area contributed by atoms with Crippen molar-refractivity contribution in [3.63, 3.8) is 0 Å². The predicted octanol–water partition coefficient (Wildman–Crippen LogP) is 4.10. The van der Waals surface area contributed by atoms with Gasteiger partial charge >= 0.3 is 0 Å². The first-order chi connectivity index (χ1) is 8.71. The minimum Gasteiger partial charge on any atom is -0.339 e. The summed E-state index contributed by atoms with van der Waals surface area (Å²) in [5.74, 6) is 0.144. The second-order valence-corrected chi connectivity index (χ2v) is 4.31. The molecule has 2 heteroatoms.